The Kier molecular flexibility index (Phi) is 5.49. The number of methoxy groups -OCH3 is 1. The summed E-state index contributed by atoms with van der Waals surface area (Å²) in [6, 6.07) is 0. The zero-order chi connectivity index (χ0) is 10.4. The van der Waals surface area contributed by atoms with Crippen LogP contribution in [0.15, 0.2) is 0 Å². The van der Waals surface area contributed by atoms with E-state index in [-0.39, 0.29) is 0 Å². The molecule has 1 aliphatic carbocycles. The molecule has 0 N–H and O–H groups in total. The molecule has 0 radical (unpaired) electrons. The number of ether oxygens (including phenoxy) is 1. The fourth-order valence-corrected chi connectivity index (χ4v) is 2.24. The van der Waals surface area contributed by atoms with Crippen molar-refractivity contribution in [1.29, 1.82) is 0 Å². The van der Waals surface area contributed by atoms with Crippen molar-refractivity contribution in [3.8, 4) is 0 Å². The highest BCUT2D eigenvalue weighted by atomic mass is 16.5. The SMILES string of the molecule is COCCN(C)C[C@@H](C)CC1CCC1. The number of hydrogen-bond acceptors (Lipinski definition) is 2. The van der Waals surface area contributed by atoms with E-state index in [0.29, 0.717) is 0 Å². The lowest BCUT2D eigenvalue weighted by Gasteiger charge is -2.30. The van der Waals surface area contributed by atoms with Gasteiger partial charge in [-0.05, 0) is 25.3 Å². The Morgan fingerprint density at radius 2 is 2.14 bits per heavy atom. The monoisotopic (exact) mass is 199 g/mol. The molecule has 1 rings (SSSR count). The Hall–Kier alpha value is -0.0800. The van der Waals surface area contributed by atoms with E-state index in [4.69, 9.17) is 4.74 Å². The Bertz CT molecular complexity index is 145. The maximum absolute atomic E-state index is 5.07. The molecule has 2 nitrogen and oxygen atoms in total. The molecular weight excluding hydrogens is 174 g/mol. The minimum atomic E-state index is 0.849. The number of hydrogen-bond donors (Lipinski definition) is 0. The fraction of sp³-hybridized carbons (Fsp3) is 1.00. The van der Waals surface area contributed by atoms with Gasteiger partial charge in [0.15, 0.2) is 0 Å². The largest absolute Gasteiger partial charge is 0.383 e. The first kappa shape index (κ1) is 12.0. The van der Waals surface area contributed by atoms with E-state index < -0.39 is 0 Å². The lowest BCUT2D eigenvalue weighted by molar-refractivity contribution is 0.145. The van der Waals surface area contributed by atoms with E-state index in [0.717, 1.165) is 25.0 Å². The van der Waals surface area contributed by atoms with Crippen LogP contribution >= 0.6 is 0 Å². The molecular formula is C12H25NO. The van der Waals surface area contributed by atoms with Gasteiger partial charge >= 0.3 is 0 Å². The fourth-order valence-electron chi connectivity index (χ4n) is 2.24. The number of likely N-dealkylation sites (N-methyl/N-ethyl adjacent to an activating group) is 1. The molecule has 0 unspecified atom stereocenters. The average Bonchev–Trinajstić information content (AvgIpc) is 2.08. The first-order chi connectivity index (χ1) is 6.72. The summed E-state index contributed by atoms with van der Waals surface area (Å²) < 4.78 is 5.07. The quantitative estimate of drug-likeness (QED) is 0.624. The van der Waals surface area contributed by atoms with Crippen molar-refractivity contribution in [1.82, 2.24) is 4.90 Å². The van der Waals surface area contributed by atoms with Crippen LogP contribution in [-0.4, -0.2) is 38.8 Å². The first-order valence-corrected chi connectivity index (χ1v) is 5.90. The van der Waals surface area contributed by atoms with Crippen LogP contribution in [0.25, 0.3) is 0 Å². The van der Waals surface area contributed by atoms with E-state index >= 15 is 0 Å². The third kappa shape index (κ3) is 4.43. The molecule has 0 aliphatic heterocycles. The van der Waals surface area contributed by atoms with Gasteiger partial charge in [0, 0.05) is 20.2 Å². The second-order valence-electron chi connectivity index (χ2n) is 4.89. The Labute approximate surface area is 88.6 Å². The van der Waals surface area contributed by atoms with Crippen LogP contribution in [0.2, 0.25) is 0 Å². The number of rotatable bonds is 7. The van der Waals surface area contributed by atoms with Gasteiger partial charge < -0.3 is 9.64 Å². The highest BCUT2D eigenvalue weighted by Gasteiger charge is 2.20. The minimum Gasteiger partial charge on any atom is -0.383 e. The van der Waals surface area contributed by atoms with Crippen LogP contribution in [0.5, 0.6) is 0 Å². The van der Waals surface area contributed by atoms with E-state index in [9.17, 15) is 0 Å². The zero-order valence-electron chi connectivity index (χ0n) is 9.96. The third-order valence-corrected chi connectivity index (χ3v) is 3.26. The molecule has 0 spiro atoms. The molecule has 1 aliphatic rings. The molecule has 84 valence electrons. The maximum atomic E-state index is 5.07. The van der Waals surface area contributed by atoms with Crippen molar-refractivity contribution in [2.45, 2.75) is 32.6 Å². The summed E-state index contributed by atoms with van der Waals surface area (Å²) in [6.45, 7) is 5.51. The molecule has 0 amide bonds. The first-order valence-electron chi connectivity index (χ1n) is 5.90. The van der Waals surface area contributed by atoms with Crippen LogP contribution in [0.1, 0.15) is 32.6 Å². The van der Waals surface area contributed by atoms with Gasteiger partial charge in [0.2, 0.25) is 0 Å². The molecule has 1 fully saturated rings. The molecule has 0 saturated heterocycles. The van der Waals surface area contributed by atoms with Crippen molar-refractivity contribution in [2.24, 2.45) is 11.8 Å². The van der Waals surface area contributed by atoms with Gasteiger partial charge in [-0.1, -0.05) is 26.2 Å². The molecule has 1 saturated carbocycles. The van der Waals surface area contributed by atoms with Crippen molar-refractivity contribution in [3.05, 3.63) is 0 Å². The van der Waals surface area contributed by atoms with Crippen molar-refractivity contribution < 1.29 is 4.74 Å². The van der Waals surface area contributed by atoms with Crippen LogP contribution in [0.3, 0.4) is 0 Å². The Morgan fingerprint density at radius 3 is 2.64 bits per heavy atom. The summed E-state index contributed by atoms with van der Waals surface area (Å²) in [4.78, 5) is 2.38. The lowest BCUT2D eigenvalue weighted by Crippen LogP contribution is -2.29. The predicted octanol–water partition coefficient (Wildman–Crippen LogP) is 2.39. The summed E-state index contributed by atoms with van der Waals surface area (Å²) in [5.41, 5.74) is 0. The molecule has 0 heterocycles. The van der Waals surface area contributed by atoms with Crippen LogP contribution < -0.4 is 0 Å². The summed E-state index contributed by atoms with van der Waals surface area (Å²) in [5.74, 6) is 1.89. The van der Waals surface area contributed by atoms with E-state index in [1.807, 2.05) is 0 Å². The van der Waals surface area contributed by atoms with Gasteiger partial charge in [-0.3, -0.25) is 0 Å². The second-order valence-corrected chi connectivity index (χ2v) is 4.89. The zero-order valence-corrected chi connectivity index (χ0v) is 9.96. The van der Waals surface area contributed by atoms with Gasteiger partial charge in [-0.25, -0.2) is 0 Å². The van der Waals surface area contributed by atoms with E-state index in [2.05, 4.69) is 18.9 Å². The smallest absolute Gasteiger partial charge is 0.0589 e. The lowest BCUT2D eigenvalue weighted by atomic mass is 9.79. The third-order valence-electron chi connectivity index (χ3n) is 3.26. The van der Waals surface area contributed by atoms with Gasteiger partial charge in [-0.2, -0.15) is 0 Å². The summed E-state index contributed by atoms with van der Waals surface area (Å²) in [6.07, 6.45) is 5.85. The molecule has 0 aromatic rings. The van der Waals surface area contributed by atoms with Gasteiger partial charge in [0.25, 0.3) is 0 Å². The van der Waals surface area contributed by atoms with Crippen LogP contribution in [0.4, 0.5) is 0 Å². The van der Waals surface area contributed by atoms with Crippen LogP contribution in [-0.2, 0) is 4.74 Å². The molecule has 1 atom stereocenters. The summed E-state index contributed by atoms with van der Waals surface area (Å²) >= 11 is 0. The van der Waals surface area contributed by atoms with E-state index in [1.165, 1.54) is 32.2 Å². The predicted molar refractivity (Wildman–Crippen MR) is 60.5 cm³/mol. The van der Waals surface area contributed by atoms with Gasteiger partial charge in [0.05, 0.1) is 6.61 Å². The molecule has 0 aromatic carbocycles. The Balaban J connectivity index is 2.02. The molecule has 2 heteroatoms. The summed E-state index contributed by atoms with van der Waals surface area (Å²) in [5, 5.41) is 0. The second kappa shape index (κ2) is 6.41. The topological polar surface area (TPSA) is 12.5 Å². The highest BCUT2D eigenvalue weighted by Crippen LogP contribution is 2.32. The van der Waals surface area contributed by atoms with Crippen LogP contribution in [0, 0.1) is 11.8 Å². The summed E-state index contributed by atoms with van der Waals surface area (Å²) in [7, 11) is 3.96. The van der Waals surface area contributed by atoms with E-state index in [1.54, 1.807) is 7.11 Å². The minimum absolute atomic E-state index is 0.849. The standard InChI is InChI=1S/C12H25NO/c1-11(9-12-5-4-6-12)10-13(2)7-8-14-3/h11-12H,4-10H2,1-3H3/t11-/m0/s1. The molecule has 14 heavy (non-hydrogen) atoms. The normalized spacial score (nSPS) is 19.7. The van der Waals surface area contributed by atoms with Gasteiger partial charge in [0.1, 0.15) is 0 Å². The van der Waals surface area contributed by atoms with Gasteiger partial charge in [-0.15, -0.1) is 0 Å². The molecule has 0 bridgehead atoms. The van der Waals surface area contributed by atoms with Crippen molar-refractivity contribution in [3.63, 3.8) is 0 Å². The Morgan fingerprint density at radius 1 is 1.43 bits per heavy atom. The molecule has 0 aromatic heterocycles. The maximum Gasteiger partial charge on any atom is 0.0589 e. The van der Waals surface area contributed by atoms with Crippen molar-refractivity contribution >= 4 is 0 Å². The number of nitrogens with zero attached hydrogens (tertiary/aromatic N) is 1. The highest BCUT2D eigenvalue weighted by molar-refractivity contribution is 4.73. The van der Waals surface area contributed by atoms with Crippen molar-refractivity contribution in [2.75, 3.05) is 33.9 Å². The average molecular weight is 199 g/mol.